The van der Waals surface area contributed by atoms with E-state index in [-0.39, 0.29) is 17.7 Å². The van der Waals surface area contributed by atoms with Crippen LogP contribution >= 0.6 is 15.9 Å². The number of nitrogens with one attached hydrogen (secondary N) is 1. The molecule has 0 aliphatic rings. The largest absolute Gasteiger partial charge is 0.309 e. The third-order valence-electron chi connectivity index (χ3n) is 3.07. The van der Waals surface area contributed by atoms with Crippen LogP contribution in [0.15, 0.2) is 40.9 Å². The Morgan fingerprint density at radius 1 is 1.05 bits per heavy atom. The van der Waals surface area contributed by atoms with Gasteiger partial charge < -0.3 is 5.32 Å². The SMILES string of the molecule is CNC(c1ccc(F)c(C)c1)c1cc(Br)ccc1F. The first-order valence-corrected chi connectivity index (χ1v) is 6.70. The van der Waals surface area contributed by atoms with Gasteiger partial charge >= 0.3 is 0 Å². The van der Waals surface area contributed by atoms with Crippen LogP contribution in [0.5, 0.6) is 0 Å². The lowest BCUT2D eigenvalue weighted by atomic mass is 9.97. The summed E-state index contributed by atoms with van der Waals surface area (Å²) in [6, 6.07) is 9.30. The number of aryl methyl sites for hydroxylation is 1. The summed E-state index contributed by atoms with van der Waals surface area (Å²) in [5, 5.41) is 3.07. The van der Waals surface area contributed by atoms with E-state index in [1.54, 1.807) is 38.2 Å². The van der Waals surface area contributed by atoms with Gasteiger partial charge in [-0.3, -0.25) is 0 Å². The molecule has 2 rings (SSSR count). The lowest BCUT2D eigenvalue weighted by Crippen LogP contribution is -2.19. The highest BCUT2D eigenvalue weighted by atomic mass is 79.9. The third kappa shape index (κ3) is 3.01. The average molecular weight is 326 g/mol. The van der Waals surface area contributed by atoms with Gasteiger partial charge in [-0.25, -0.2) is 8.78 Å². The quantitative estimate of drug-likeness (QED) is 0.884. The maximum absolute atomic E-state index is 13.9. The molecule has 0 aliphatic carbocycles. The first-order valence-electron chi connectivity index (χ1n) is 5.91. The third-order valence-corrected chi connectivity index (χ3v) is 3.57. The number of hydrogen-bond donors (Lipinski definition) is 1. The van der Waals surface area contributed by atoms with Crippen molar-refractivity contribution in [3.8, 4) is 0 Å². The second-order valence-corrected chi connectivity index (χ2v) is 5.31. The van der Waals surface area contributed by atoms with Crippen molar-refractivity contribution in [3.63, 3.8) is 0 Å². The molecule has 0 aromatic heterocycles. The van der Waals surface area contributed by atoms with Gasteiger partial charge in [-0.1, -0.05) is 28.1 Å². The summed E-state index contributed by atoms with van der Waals surface area (Å²) in [7, 11) is 1.75. The van der Waals surface area contributed by atoms with E-state index in [0.717, 1.165) is 10.0 Å². The van der Waals surface area contributed by atoms with Crippen LogP contribution in [0.1, 0.15) is 22.7 Å². The fraction of sp³-hybridized carbons (Fsp3) is 0.200. The minimum atomic E-state index is -0.309. The minimum Gasteiger partial charge on any atom is -0.309 e. The van der Waals surface area contributed by atoms with E-state index in [4.69, 9.17) is 0 Å². The Kier molecular flexibility index (Phi) is 4.32. The second kappa shape index (κ2) is 5.80. The summed E-state index contributed by atoms with van der Waals surface area (Å²) in [5.74, 6) is -0.544. The van der Waals surface area contributed by atoms with Crippen LogP contribution < -0.4 is 5.32 Å². The summed E-state index contributed by atoms with van der Waals surface area (Å²) < 4.78 is 28.1. The van der Waals surface area contributed by atoms with Crippen molar-refractivity contribution in [3.05, 3.63) is 69.2 Å². The van der Waals surface area contributed by atoms with Gasteiger partial charge in [0, 0.05) is 10.0 Å². The van der Waals surface area contributed by atoms with Crippen LogP contribution in [0.4, 0.5) is 8.78 Å². The van der Waals surface area contributed by atoms with Crippen LogP contribution in [0.2, 0.25) is 0 Å². The monoisotopic (exact) mass is 325 g/mol. The minimum absolute atomic E-state index is 0.256. The van der Waals surface area contributed by atoms with Gasteiger partial charge in [-0.2, -0.15) is 0 Å². The van der Waals surface area contributed by atoms with Crippen molar-refractivity contribution in [1.82, 2.24) is 5.32 Å². The van der Waals surface area contributed by atoms with Gasteiger partial charge in [0.05, 0.1) is 6.04 Å². The van der Waals surface area contributed by atoms with Crippen molar-refractivity contribution in [2.75, 3.05) is 7.05 Å². The summed E-state index contributed by atoms with van der Waals surface area (Å²) in [6.07, 6.45) is 0. The summed E-state index contributed by atoms with van der Waals surface area (Å²) in [5.41, 5.74) is 1.91. The Morgan fingerprint density at radius 2 is 1.74 bits per heavy atom. The van der Waals surface area contributed by atoms with Gasteiger partial charge in [-0.15, -0.1) is 0 Å². The number of benzene rings is 2. The van der Waals surface area contributed by atoms with Crippen molar-refractivity contribution in [1.29, 1.82) is 0 Å². The Balaban J connectivity index is 2.49. The van der Waals surface area contributed by atoms with Gasteiger partial charge in [0.15, 0.2) is 0 Å². The molecule has 0 saturated carbocycles. The first kappa shape index (κ1) is 14.2. The van der Waals surface area contributed by atoms with Crippen molar-refractivity contribution in [2.24, 2.45) is 0 Å². The molecular weight excluding hydrogens is 312 g/mol. The van der Waals surface area contributed by atoms with Crippen molar-refractivity contribution < 1.29 is 8.78 Å². The Morgan fingerprint density at radius 3 is 2.37 bits per heavy atom. The van der Waals surface area contributed by atoms with Gasteiger partial charge in [-0.05, 0) is 49.4 Å². The summed E-state index contributed by atoms with van der Waals surface area (Å²) in [4.78, 5) is 0. The molecule has 19 heavy (non-hydrogen) atoms. The predicted molar refractivity (Wildman–Crippen MR) is 76.1 cm³/mol. The van der Waals surface area contributed by atoms with E-state index in [1.165, 1.54) is 12.1 Å². The van der Waals surface area contributed by atoms with Gasteiger partial charge in [0.2, 0.25) is 0 Å². The maximum atomic E-state index is 13.9. The zero-order valence-electron chi connectivity index (χ0n) is 10.7. The molecule has 0 radical (unpaired) electrons. The number of rotatable bonds is 3. The first-order chi connectivity index (χ1) is 9.02. The fourth-order valence-corrected chi connectivity index (χ4v) is 2.46. The molecule has 1 atom stereocenters. The molecule has 4 heteroatoms. The zero-order valence-corrected chi connectivity index (χ0v) is 12.3. The normalized spacial score (nSPS) is 12.5. The molecule has 1 nitrogen and oxygen atoms in total. The van der Waals surface area contributed by atoms with Crippen LogP contribution in [0.25, 0.3) is 0 Å². The molecule has 2 aromatic carbocycles. The van der Waals surface area contributed by atoms with Crippen LogP contribution in [-0.4, -0.2) is 7.05 Å². The number of halogens is 3. The molecule has 100 valence electrons. The van der Waals surface area contributed by atoms with Crippen LogP contribution in [-0.2, 0) is 0 Å². The predicted octanol–water partition coefficient (Wildman–Crippen LogP) is 4.34. The van der Waals surface area contributed by atoms with Gasteiger partial charge in [0.25, 0.3) is 0 Å². The second-order valence-electron chi connectivity index (χ2n) is 4.40. The van der Waals surface area contributed by atoms with E-state index < -0.39 is 0 Å². The van der Waals surface area contributed by atoms with E-state index in [1.807, 2.05) is 0 Å². The number of hydrogen-bond acceptors (Lipinski definition) is 1. The van der Waals surface area contributed by atoms with Crippen LogP contribution in [0, 0.1) is 18.6 Å². The van der Waals surface area contributed by atoms with E-state index in [9.17, 15) is 8.78 Å². The summed E-state index contributed by atoms with van der Waals surface area (Å²) >= 11 is 3.34. The molecule has 0 heterocycles. The fourth-order valence-electron chi connectivity index (χ4n) is 2.09. The Bertz CT molecular complexity index is 599. The molecule has 0 bridgehead atoms. The average Bonchev–Trinajstić information content (AvgIpc) is 2.38. The van der Waals surface area contributed by atoms with Crippen LogP contribution in [0.3, 0.4) is 0 Å². The Hall–Kier alpha value is -1.26. The van der Waals surface area contributed by atoms with E-state index in [0.29, 0.717) is 11.1 Å². The molecule has 0 aliphatic heterocycles. The smallest absolute Gasteiger partial charge is 0.128 e. The zero-order chi connectivity index (χ0) is 14.0. The van der Waals surface area contributed by atoms with Crippen molar-refractivity contribution >= 4 is 15.9 Å². The highest BCUT2D eigenvalue weighted by Gasteiger charge is 2.17. The standard InChI is InChI=1S/C15H14BrF2N/c1-9-7-10(3-5-13(9)17)15(19-2)12-8-11(16)4-6-14(12)18/h3-8,15,19H,1-2H3. The van der Waals surface area contributed by atoms with E-state index >= 15 is 0 Å². The summed E-state index contributed by atoms with van der Waals surface area (Å²) in [6.45, 7) is 1.70. The topological polar surface area (TPSA) is 12.0 Å². The van der Waals surface area contributed by atoms with Gasteiger partial charge in [0.1, 0.15) is 11.6 Å². The molecule has 1 N–H and O–H groups in total. The molecule has 0 fully saturated rings. The molecule has 0 spiro atoms. The highest BCUT2D eigenvalue weighted by molar-refractivity contribution is 9.10. The molecule has 0 saturated heterocycles. The molecule has 0 amide bonds. The molecule has 1 unspecified atom stereocenters. The van der Waals surface area contributed by atoms with E-state index in [2.05, 4.69) is 21.2 Å². The maximum Gasteiger partial charge on any atom is 0.128 e. The molecular formula is C15H14BrF2N. The lowest BCUT2D eigenvalue weighted by molar-refractivity contribution is 0.573. The highest BCUT2D eigenvalue weighted by Crippen LogP contribution is 2.27. The Labute approximate surface area is 119 Å². The van der Waals surface area contributed by atoms with Crippen molar-refractivity contribution in [2.45, 2.75) is 13.0 Å². The lowest BCUT2D eigenvalue weighted by Gasteiger charge is -2.19. The molecule has 2 aromatic rings.